The van der Waals surface area contributed by atoms with E-state index in [1.54, 1.807) is 12.3 Å². The van der Waals surface area contributed by atoms with E-state index in [9.17, 15) is 4.79 Å². The lowest BCUT2D eigenvalue weighted by molar-refractivity contribution is 0.362. The lowest BCUT2D eigenvalue weighted by Gasteiger charge is -2.24. The molecule has 1 aromatic heterocycles. The summed E-state index contributed by atoms with van der Waals surface area (Å²) in [7, 11) is 0. The maximum absolute atomic E-state index is 12.0. The SMILES string of the molecule is C=CCn1ncc(NCC2(C)CCCC2)c(Br)c1=O. The molecule has 1 aliphatic rings. The predicted octanol–water partition coefficient (Wildman–Crippen LogP) is 3.18. The zero-order chi connectivity index (χ0) is 13.9. The van der Waals surface area contributed by atoms with Crippen molar-refractivity contribution in [2.45, 2.75) is 39.2 Å². The molecular weight excluding hydrogens is 306 g/mol. The summed E-state index contributed by atoms with van der Waals surface area (Å²) in [6, 6.07) is 0. The molecule has 0 saturated heterocycles. The van der Waals surface area contributed by atoms with Crippen LogP contribution >= 0.6 is 15.9 Å². The molecular formula is C14H20BrN3O. The van der Waals surface area contributed by atoms with Gasteiger partial charge in [-0.3, -0.25) is 4.79 Å². The molecule has 1 N–H and O–H groups in total. The van der Waals surface area contributed by atoms with Gasteiger partial charge >= 0.3 is 0 Å². The topological polar surface area (TPSA) is 46.9 Å². The number of hydrogen-bond acceptors (Lipinski definition) is 3. The molecule has 0 unspecified atom stereocenters. The first kappa shape index (κ1) is 14.3. The molecule has 1 aliphatic carbocycles. The highest BCUT2D eigenvalue weighted by molar-refractivity contribution is 9.10. The van der Waals surface area contributed by atoms with Crippen molar-refractivity contribution in [3.8, 4) is 0 Å². The fourth-order valence-electron chi connectivity index (χ4n) is 2.55. The summed E-state index contributed by atoms with van der Waals surface area (Å²) >= 11 is 3.36. The molecule has 0 spiro atoms. The Morgan fingerprint density at radius 2 is 2.26 bits per heavy atom. The summed E-state index contributed by atoms with van der Waals surface area (Å²) in [5.41, 5.74) is 0.995. The first-order chi connectivity index (χ1) is 9.06. The van der Waals surface area contributed by atoms with Crippen LogP contribution in [0.3, 0.4) is 0 Å². The van der Waals surface area contributed by atoms with Crippen LogP contribution in [-0.2, 0) is 6.54 Å². The van der Waals surface area contributed by atoms with E-state index in [4.69, 9.17) is 0 Å². The third kappa shape index (κ3) is 3.26. The highest BCUT2D eigenvalue weighted by atomic mass is 79.9. The smallest absolute Gasteiger partial charge is 0.283 e. The van der Waals surface area contributed by atoms with Gasteiger partial charge < -0.3 is 5.32 Å². The second kappa shape index (κ2) is 5.90. The van der Waals surface area contributed by atoms with E-state index in [2.05, 4.69) is 39.8 Å². The Labute approximate surface area is 122 Å². The number of nitrogens with zero attached hydrogens (tertiary/aromatic N) is 2. The van der Waals surface area contributed by atoms with Crippen molar-refractivity contribution in [1.29, 1.82) is 0 Å². The maximum atomic E-state index is 12.0. The van der Waals surface area contributed by atoms with Gasteiger partial charge in [-0.25, -0.2) is 4.68 Å². The monoisotopic (exact) mass is 325 g/mol. The minimum Gasteiger partial charge on any atom is -0.382 e. The largest absolute Gasteiger partial charge is 0.382 e. The molecule has 0 bridgehead atoms. The number of hydrogen-bond donors (Lipinski definition) is 1. The average molecular weight is 326 g/mol. The van der Waals surface area contributed by atoms with Crippen LogP contribution in [-0.4, -0.2) is 16.3 Å². The van der Waals surface area contributed by atoms with Crippen LogP contribution in [0.4, 0.5) is 5.69 Å². The molecule has 1 saturated carbocycles. The molecule has 1 aromatic rings. The van der Waals surface area contributed by atoms with Crippen LogP contribution in [0.1, 0.15) is 32.6 Å². The van der Waals surface area contributed by atoms with E-state index in [-0.39, 0.29) is 5.56 Å². The van der Waals surface area contributed by atoms with Crippen LogP contribution in [0.15, 0.2) is 28.1 Å². The Morgan fingerprint density at radius 1 is 1.58 bits per heavy atom. The number of allylic oxidation sites excluding steroid dienone is 1. The van der Waals surface area contributed by atoms with Gasteiger partial charge in [-0.15, -0.1) is 6.58 Å². The summed E-state index contributed by atoms with van der Waals surface area (Å²) in [4.78, 5) is 12.0. The molecule has 0 aromatic carbocycles. The van der Waals surface area contributed by atoms with E-state index >= 15 is 0 Å². The second-order valence-electron chi connectivity index (χ2n) is 5.52. The molecule has 0 aliphatic heterocycles. The van der Waals surface area contributed by atoms with Crippen molar-refractivity contribution in [3.63, 3.8) is 0 Å². The molecule has 1 heterocycles. The van der Waals surface area contributed by atoms with Crippen molar-refractivity contribution in [3.05, 3.63) is 33.7 Å². The first-order valence-corrected chi connectivity index (χ1v) is 7.45. The number of aromatic nitrogens is 2. The fourth-order valence-corrected chi connectivity index (χ4v) is 3.00. The number of rotatable bonds is 5. The molecule has 0 radical (unpaired) electrons. The molecule has 2 rings (SSSR count). The van der Waals surface area contributed by atoms with Crippen molar-refractivity contribution in [2.24, 2.45) is 5.41 Å². The maximum Gasteiger partial charge on any atom is 0.283 e. The molecule has 5 heteroatoms. The standard InChI is InChI=1S/C14H20BrN3O/c1-3-8-18-13(19)12(15)11(9-17-18)16-10-14(2)6-4-5-7-14/h3,9,16H,1,4-8,10H2,2H3. The van der Waals surface area contributed by atoms with Crippen molar-refractivity contribution < 1.29 is 0 Å². The Bertz CT molecular complexity index is 518. The Balaban J connectivity index is 2.11. The molecule has 1 fully saturated rings. The van der Waals surface area contributed by atoms with Crippen LogP contribution in [0, 0.1) is 5.41 Å². The Hall–Kier alpha value is -1.10. The number of anilines is 1. The normalized spacial score (nSPS) is 17.4. The number of nitrogens with one attached hydrogen (secondary N) is 1. The zero-order valence-electron chi connectivity index (χ0n) is 11.3. The molecule has 0 amide bonds. The van der Waals surface area contributed by atoms with Crippen LogP contribution in [0.25, 0.3) is 0 Å². The minimum atomic E-state index is -0.124. The number of halogens is 1. The van der Waals surface area contributed by atoms with E-state index in [1.807, 2.05) is 0 Å². The summed E-state index contributed by atoms with van der Waals surface area (Å²) < 4.78 is 1.94. The van der Waals surface area contributed by atoms with Gasteiger partial charge in [0.1, 0.15) is 4.47 Å². The lowest BCUT2D eigenvalue weighted by Crippen LogP contribution is -2.27. The van der Waals surface area contributed by atoms with Crippen LogP contribution in [0.2, 0.25) is 0 Å². The summed E-state index contributed by atoms with van der Waals surface area (Å²) in [5.74, 6) is 0. The van der Waals surface area contributed by atoms with E-state index in [0.29, 0.717) is 16.4 Å². The third-order valence-corrected chi connectivity index (χ3v) is 4.57. The van der Waals surface area contributed by atoms with Gasteiger partial charge in [-0.1, -0.05) is 25.8 Å². The van der Waals surface area contributed by atoms with Gasteiger partial charge in [-0.05, 0) is 34.2 Å². The summed E-state index contributed by atoms with van der Waals surface area (Å²) in [5, 5.41) is 7.49. The van der Waals surface area contributed by atoms with E-state index in [0.717, 1.165) is 12.2 Å². The van der Waals surface area contributed by atoms with Gasteiger partial charge in [0.05, 0.1) is 18.4 Å². The summed E-state index contributed by atoms with van der Waals surface area (Å²) in [6.07, 6.45) is 8.47. The summed E-state index contributed by atoms with van der Waals surface area (Å²) in [6.45, 7) is 7.23. The fraction of sp³-hybridized carbons (Fsp3) is 0.571. The van der Waals surface area contributed by atoms with Gasteiger partial charge in [0.2, 0.25) is 0 Å². The highest BCUT2D eigenvalue weighted by Gasteiger charge is 2.28. The highest BCUT2D eigenvalue weighted by Crippen LogP contribution is 2.37. The molecule has 0 atom stereocenters. The minimum absolute atomic E-state index is 0.124. The van der Waals surface area contributed by atoms with E-state index < -0.39 is 0 Å². The Kier molecular flexibility index (Phi) is 4.45. The molecule has 19 heavy (non-hydrogen) atoms. The van der Waals surface area contributed by atoms with Crippen molar-refractivity contribution in [2.75, 3.05) is 11.9 Å². The third-order valence-electron chi connectivity index (χ3n) is 3.80. The predicted molar refractivity (Wildman–Crippen MR) is 81.5 cm³/mol. The van der Waals surface area contributed by atoms with Crippen molar-refractivity contribution >= 4 is 21.6 Å². The van der Waals surface area contributed by atoms with Crippen LogP contribution < -0.4 is 10.9 Å². The Morgan fingerprint density at radius 3 is 2.89 bits per heavy atom. The van der Waals surface area contributed by atoms with Gasteiger partial charge in [0, 0.05) is 6.54 Å². The quantitative estimate of drug-likeness (QED) is 0.846. The lowest BCUT2D eigenvalue weighted by atomic mass is 9.89. The average Bonchev–Trinajstić information content (AvgIpc) is 2.82. The van der Waals surface area contributed by atoms with Gasteiger partial charge in [0.25, 0.3) is 5.56 Å². The first-order valence-electron chi connectivity index (χ1n) is 6.66. The van der Waals surface area contributed by atoms with Crippen LogP contribution in [0.5, 0.6) is 0 Å². The zero-order valence-corrected chi connectivity index (χ0v) is 12.9. The second-order valence-corrected chi connectivity index (χ2v) is 6.31. The van der Waals surface area contributed by atoms with Gasteiger partial charge in [-0.2, -0.15) is 5.10 Å². The molecule has 4 nitrogen and oxygen atoms in total. The van der Waals surface area contributed by atoms with E-state index in [1.165, 1.54) is 30.4 Å². The van der Waals surface area contributed by atoms with Gasteiger partial charge in [0.15, 0.2) is 0 Å². The molecule has 104 valence electrons. The van der Waals surface area contributed by atoms with Crippen molar-refractivity contribution in [1.82, 2.24) is 9.78 Å².